The van der Waals surface area contributed by atoms with Crippen molar-refractivity contribution in [3.63, 3.8) is 0 Å². The average Bonchev–Trinajstić information content (AvgIpc) is 3.09. The minimum Gasteiger partial charge on any atom is -0.465 e. The second kappa shape index (κ2) is 7.15. The Bertz CT molecular complexity index is 577. The molecule has 1 aliphatic rings. The molecule has 1 heterocycles. The molecular weight excluding hydrogens is 280 g/mol. The van der Waals surface area contributed by atoms with E-state index in [4.69, 9.17) is 4.74 Å². The molecule has 1 aromatic carbocycles. The minimum atomic E-state index is -0.0880. The van der Waals surface area contributed by atoms with Gasteiger partial charge in [-0.2, -0.15) is 5.21 Å². The van der Waals surface area contributed by atoms with Gasteiger partial charge in [0.15, 0.2) is 5.82 Å². The van der Waals surface area contributed by atoms with E-state index in [1.54, 1.807) is 0 Å². The molecule has 1 N–H and O–H groups in total. The van der Waals surface area contributed by atoms with Crippen LogP contribution in [-0.2, 0) is 16.0 Å². The van der Waals surface area contributed by atoms with Crippen molar-refractivity contribution in [3.05, 3.63) is 41.7 Å². The molecule has 116 valence electrons. The summed E-state index contributed by atoms with van der Waals surface area (Å²) in [7, 11) is 0. The second-order valence-electron chi connectivity index (χ2n) is 5.70. The lowest BCUT2D eigenvalue weighted by atomic mass is 9.79. The zero-order valence-electron chi connectivity index (χ0n) is 12.4. The van der Waals surface area contributed by atoms with Gasteiger partial charge in [0.2, 0.25) is 0 Å². The lowest BCUT2D eigenvalue weighted by molar-refractivity contribution is -0.149. The van der Waals surface area contributed by atoms with Crippen molar-refractivity contribution in [2.75, 3.05) is 6.61 Å². The molecule has 0 spiro atoms. The Morgan fingerprint density at radius 3 is 2.64 bits per heavy atom. The summed E-state index contributed by atoms with van der Waals surface area (Å²) in [6.07, 6.45) is 4.41. The lowest BCUT2D eigenvalue weighted by Crippen LogP contribution is -2.24. The molecule has 3 rings (SSSR count). The van der Waals surface area contributed by atoms with Gasteiger partial charge in [-0.1, -0.05) is 35.5 Å². The summed E-state index contributed by atoms with van der Waals surface area (Å²) in [5.41, 5.74) is 1.38. The van der Waals surface area contributed by atoms with E-state index in [1.807, 2.05) is 6.07 Å². The molecule has 0 saturated heterocycles. The molecule has 2 aromatic rings. The third kappa shape index (κ3) is 3.69. The van der Waals surface area contributed by atoms with Gasteiger partial charge in [0, 0.05) is 6.42 Å². The average molecular weight is 300 g/mol. The fraction of sp³-hybridized carbons (Fsp3) is 0.500. The van der Waals surface area contributed by atoms with Gasteiger partial charge in [-0.15, -0.1) is 10.2 Å². The van der Waals surface area contributed by atoms with E-state index >= 15 is 0 Å². The molecule has 0 radical (unpaired) electrons. The highest BCUT2D eigenvalue weighted by molar-refractivity contribution is 5.72. The zero-order chi connectivity index (χ0) is 15.2. The maximum absolute atomic E-state index is 12.1. The molecule has 1 aliphatic carbocycles. The number of hydrogen-bond acceptors (Lipinski definition) is 5. The van der Waals surface area contributed by atoms with Crippen LogP contribution < -0.4 is 0 Å². The maximum Gasteiger partial charge on any atom is 0.308 e. The van der Waals surface area contributed by atoms with Gasteiger partial charge in [0.25, 0.3) is 0 Å². The van der Waals surface area contributed by atoms with Gasteiger partial charge >= 0.3 is 5.97 Å². The first-order valence-electron chi connectivity index (χ1n) is 7.77. The molecule has 0 amide bonds. The fourth-order valence-corrected chi connectivity index (χ4v) is 3.04. The number of H-pyrrole nitrogens is 1. The normalized spacial score (nSPS) is 21.5. The predicted octanol–water partition coefficient (Wildman–Crippen LogP) is 2.26. The molecule has 0 atom stereocenters. The lowest BCUT2D eigenvalue weighted by Gasteiger charge is -2.27. The van der Waals surface area contributed by atoms with Crippen molar-refractivity contribution < 1.29 is 9.53 Å². The number of benzene rings is 1. The maximum atomic E-state index is 12.1. The van der Waals surface area contributed by atoms with Crippen LogP contribution in [0.2, 0.25) is 0 Å². The molecule has 1 saturated carbocycles. The van der Waals surface area contributed by atoms with Crippen LogP contribution in [0.15, 0.2) is 30.3 Å². The third-order valence-electron chi connectivity index (χ3n) is 4.29. The van der Waals surface area contributed by atoms with Crippen molar-refractivity contribution in [2.24, 2.45) is 5.92 Å². The number of hydrogen-bond donors (Lipinski definition) is 1. The van der Waals surface area contributed by atoms with E-state index in [1.165, 1.54) is 5.56 Å². The molecule has 0 unspecified atom stereocenters. The minimum absolute atomic E-state index is 0.0326. The molecule has 6 nitrogen and oxygen atoms in total. The number of carbonyl (C=O) groups excluding carboxylic acids is 1. The highest BCUT2D eigenvalue weighted by Gasteiger charge is 2.28. The van der Waals surface area contributed by atoms with Crippen LogP contribution in [0.1, 0.15) is 43.0 Å². The molecule has 0 bridgehead atoms. The summed E-state index contributed by atoms with van der Waals surface area (Å²) >= 11 is 0. The number of carbonyl (C=O) groups is 1. The molecule has 6 heteroatoms. The van der Waals surface area contributed by atoms with Crippen LogP contribution in [0.5, 0.6) is 0 Å². The van der Waals surface area contributed by atoms with E-state index in [9.17, 15) is 4.79 Å². The first kappa shape index (κ1) is 14.7. The largest absolute Gasteiger partial charge is 0.465 e. The summed E-state index contributed by atoms with van der Waals surface area (Å²) in [4.78, 5) is 12.1. The van der Waals surface area contributed by atoms with Gasteiger partial charge in [-0.3, -0.25) is 4.79 Å². The number of aromatic nitrogens is 4. The Kier molecular flexibility index (Phi) is 4.78. The highest BCUT2D eigenvalue weighted by Crippen LogP contribution is 2.36. The summed E-state index contributed by atoms with van der Waals surface area (Å²) in [5, 5.41) is 13.5. The number of nitrogens with one attached hydrogen (secondary N) is 1. The first-order chi connectivity index (χ1) is 10.8. The van der Waals surface area contributed by atoms with Crippen molar-refractivity contribution in [1.82, 2.24) is 20.6 Å². The molecule has 1 aromatic heterocycles. The number of esters is 1. The van der Waals surface area contributed by atoms with Crippen LogP contribution in [0, 0.1) is 5.92 Å². The van der Waals surface area contributed by atoms with Gasteiger partial charge in [-0.25, -0.2) is 0 Å². The Morgan fingerprint density at radius 1 is 1.18 bits per heavy atom. The Morgan fingerprint density at radius 2 is 1.95 bits per heavy atom. The van der Waals surface area contributed by atoms with Gasteiger partial charge in [-0.05, 0) is 37.2 Å². The summed E-state index contributed by atoms with van der Waals surface area (Å²) in [6.45, 7) is 0.316. The van der Waals surface area contributed by atoms with E-state index in [-0.39, 0.29) is 11.9 Å². The standard InChI is InChI=1S/C16H20N4O2/c21-16(22-11-10-15-17-19-20-18-15)14-8-6-13(7-9-14)12-4-2-1-3-5-12/h1-5,13-14H,6-11H2,(H,17,18,19,20). The topological polar surface area (TPSA) is 80.8 Å². The van der Waals surface area contributed by atoms with Crippen LogP contribution in [-0.4, -0.2) is 33.2 Å². The first-order valence-corrected chi connectivity index (χ1v) is 7.77. The number of aromatic amines is 1. The molecule has 22 heavy (non-hydrogen) atoms. The van der Waals surface area contributed by atoms with Crippen molar-refractivity contribution in [1.29, 1.82) is 0 Å². The van der Waals surface area contributed by atoms with Gasteiger partial charge < -0.3 is 4.74 Å². The number of rotatable bonds is 5. The summed E-state index contributed by atoms with van der Waals surface area (Å²) in [6, 6.07) is 10.5. The van der Waals surface area contributed by atoms with Crippen LogP contribution in [0.3, 0.4) is 0 Å². The summed E-state index contributed by atoms with van der Waals surface area (Å²) < 4.78 is 5.34. The smallest absolute Gasteiger partial charge is 0.308 e. The van der Waals surface area contributed by atoms with E-state index in [2.05, 4.69) is 44.9 Å². The van der Waals surface area contributed by atoms with Gasteiger partial charge in [0.05, 0.1) is 12.5 Å². The van der Waals surface area contributed by atoms with Crippen molar-refractivity contribution in [2.45, 2.75) is 38.0 Å². The molecular formula is C16H20N4O2. The second-order valence-corrected chi connectivity index (χ2v) is 5.70. The highest BCUT2D eigenvalue weighted by atomic mass is 16.5. The van der Waals surface area contributed by atoms with Gasteiger partial charge in [0.1, 0.15) is 0 Å². The Balaban J connectivity index is 1.42. The van der Waals surface area contributed by atoms with Crippen LogP contribution >= 0.6 is 0 Å². The monoisotopic (exact) mass is 300 g/mol. The summed E-state index contributed by atoms with van der Waals surface area (Å²) in [5.74, 6) is 1.09. The van der Waals surface area contributed by atoms with Crippen LogP contribution in [0.4, 0.5) is 0 Å². The Labute approximate surface area is 129 Å². The van der Waals surface area contributed by atoms with E-state index in [0.717, 1.165) is 25.7 Å². The number of ether oxygens (including phenoxy) is 1. The Hall–Kier alpha value is -2.24. The van der Waals surface area contributed by atoms with Crippen molar-refractivity contribution in [3.8, 4) is 0 Å². The molecule has 0 aliphatic heterocycles. The number of tetrazole rings is 1. The molecule has 1 fully saturated rings. The predicted molar refractivity (Wildman–Crippen MR) is 80.0 cm³/mol. The number of nitrogens with zero attached hydrogens (tertiary/aromatic N) is 3. The van der Waals surface area contributed by atoms with E-state index < -0.39 is 0 Å². The third-order valence-corrected chi connectivity index (χ3v) is 4.29. The van der Waals surface area contributed by atoms with Crippen LogP contribution in [0.25, 0.3) is 0 Å². The fourth-order valence-electron chi connectivity index (χ4n) is 3.04. The quantitative estimate of drug-likeness (QED) is 0.857. The zero-order valence-corrected chi connectivity index (χ0v) is 12.4. The van der Waals surface area contributed by atoms with Crippen molar-refractivity contribution >= 4 is 5.97 Å². The van der Waals surface area contributed by atoms with E-state index in [0.29, 0.717) is 24.8 Å². The SMILES string of the molecule is O=C(OCCc1nn[nH]n1)C1CCC(c2ccccc2)CC1.